The van der Waals surface area contributed by atoms with Gasteiger partial charge in [-0.2, -0.15) is 0 Å². The first kappa shape index (κ1) is 18.6. The third-order valence-corrected chi connectivity index (χ3v) is 5.16. The normalized spacial score (nSPS) is 15.5. The Bertz CT molecular complexity index is 801. The van der Waals surface area contributed by atoms with E-state index in [1.54, 1.807) is 0 Å². The van der Waals surface area contributed by atoms with Gasteiger partial charge in [-0.1, -0.05) is 18.1 Å². The van der Waals surface area contributed by atoms with Crippen LogP contribution in [0.15, 0.2) is 24.4 Å². The first-order valence-electron chi connectivity index (χ1n) is 9.63. The van der Waals surface area contributed by atoms with Gasteiger partial charge < -0.3 is 14.8 Å². The fourth-order valence-corrected chi connectivity index (χ4v) is 3.69. The highest BCUT2D eigenvalue weighted by Crippen LogP contribution is 2.26. The Hall–Kier alpha value is -2.14. The standard InChI is InChI=1S/C21H29N3O2/c1-15(2)24-14-18(17-13-16(3)7-8-19(17)24)20(25)21(26)22-9-12-23-10-5-4-6-11-23/h7-8,13-15H,4-6,9-12H2,1-3H3,(H,22,26). The average Bonchev–Trinajstić information content (AvgIpc) is 3.00. The van der Waals surface area contributed by atoms with Crippen molar-refractivity contribution in [2.24, 2.45) is 0 Å². The van der Waals surface area contributed by atoms with Gasteiger partial charge >= 0.3 is 0 Å². The zero-order valence-electron chi connectivity index (χ0n) is 16.0. The van der Waals surface area contributed by atoms with Gasteiger partial charge in [-0.05, 0) is 58.8 Å². The summed E-state index contributed by atoms with van der Waals surface area (Å²) in [5, 5.41) is 3.66. The molecule has 1 saturated heterocycles. The van der Waals surface area contributed by atoms with E-state index >= 15 is 0 Å². The molecule has 0 radical (unpaired) electrons. The molecule has 26 heavy (non-hydrogen) atoms. The molecule has 140 valence electrons. The predicted octanol–water partition coefficient (Wildman–Crippen LogP) is 3.32. The highest BCUT2D eigenvalue weighted by molar-refractivity contribution is 6.45. The van der Waals surface area contributed by atoms with Crippen LogP contribution in [-0.4, -0.2) is 47.3 Å². The van der Waals surface area contributed by atoms with E-state index in [-0.39, 0.29) is 6.04 Å². The Labute approximate surface area is 155 Å². The van der Waals surface area contributed by atoms with E-state index in [9.17, 15) is 9.59 Å². The van der Waals surface area contributed by atoms with Crippen LogP contribution < -0.4 is 5.32 Å². The summed E-state index contributed by atoms with van der Waals surface area (Å²) in [5.74, 6) is -0.954. The van der Waals surface area contributed by atoms with Crippen LogP contribution in [-0.2, 0) is 4.79 Å². The number of nitrogens with zero attached hydrogens (tertiary/aromatic N) is 2. The van der Waals surface area contributed by atoms with Crippen molar-refractivity contribution in [3.05, 3.63) is 35.5 Å². The molecule has 0 saturated carbocycles. The number of aryl methyl sites for hydroxylation is 1. The molecule has 5 nitrogen and oxygen atoms in total. The van der Waals surface area contributed by atoms with Crippen LogP contribution in [0, 0.1) is 6.92 Å². The molecule has 2 heterocycles. The predicted molar refractivity (Wildman–Crippen MR) is 105 cm³/mol. The molecule has 1 fully saturated rings. The highest BCUT2D eigenvalue weighted by atomic mass is 16.2. The van der Waals surface area contributed by atoms with E-state index < -0.39 is 11.7 Å². The van der Waals surface area contributed by atoms with Gasteiger partial charge in [0.05, 0.1) is 5.56 Å². The Morgan fingerprint density at radius 3 is 2.58 bits per heavy atom. The number of carbonyl (C=O) groups is 2. The summed E-state index contributed by atoms with van der Waals surface area (Å²) in [5.41, 5.74) is 2.57. The molecule has 0 unspecified atom stereocenters. The molecule has 1 aliphatic heterocycles. The number of Topliss-reactive ketones (excluding diaryl/α,β-unsaturated/α-hetero) is 1. The maximum absolute atomic E-state index is 12.7. The Balaban J connectivity index is 1.72. The Kier molecular flexibility index (Phi) is 5.77. The number of benzene rings is 1. The van der Waals surface area contributed by atoms with Crippen molar-refractivity contribution < 1.29 is 9.59 Å². The zero-order chi connectivity index (χ0) is 18.7. The van der Waals surface area contributed by atoms with Crippen molar-refractivity contribution in [2.75, 3.05) is 26.2 Å². The molecular weight excluding hydrogens is 326 g/mol. The molecule has 1 amide bonds. The molecule has 1 aliphatic rings. The SMILES string of the molecule is Cc1ccc2c(c1)c(C(=O)C(=O)NCCN1CCCCC1)cn2C(C)C. The molecule has 1 aromatic carbocycles. The number of hydrogen-bond acceptors (Lipinski definition) is 3. The lowest BCUT2D eigenvalue weighted by molar-refractivity contribution is -0.117. The monoisotopic (exact) mass is 355 g/mol. The van der Waals surface area contributed by atoms with Crippen molar-refractivity contribution in [3.63, 3.8) is 0 Å². The van der Waals surface area contributed by atoms with E-state index in [4.69, 9.17) is 0 Å². The minimum absolute atomic E-state index is 0.226. The molecule has 5 heteroatoms. The maximum atomic E-state index is 12.7. The van der Waals surface area contributed by atoms with Gasteiger partial charge in [0.25, 0.3) is 11.7 Å². The van der Waals surface area contributed by atoms with Gasteiger partial charge in [-0.25, -0.2) is 0 Å². The minimum Gasteiger partial charge on any atom is -0.348 e. The molecular formula is C21H29N3O2. The van der Waals surface area contributed by atoms with Gasteiger partial charge in [-0.15, -0.1) is 0 Å². The molecule has 0 spiro atoms. The molecule has 2 aromatic rings. The number of carbonyl (C=O) groups excluding carboxylic acids is 2. The lowest BCUT2D eigenvalue weighted by atomic mass is 10.1. The quantitative estimate of drug-likeness (QED) is 0.639. The fourth-order valence-electron chi connectivity index (χ4n) is 3.69. The smallest absolute Gasteiger partial charge is 0.292 e. The summed E-state index contributed by atoms with van der Waals surface area (Å²) in [4.78, 5) is 27.5. The minimum atomic E-state index is -0.508. The second-order valence-electron chi connectivity index (χ2n) is 7.55. The zero-order valence-corrected chi connectivity index (χ0v) is 16.0. The third-order valence-electron chi connectivity index (χ3n) is 5.16. The molecule has 1 aromatic heterocycles. The number of nitrogens with one attached hydrogen (secondary N) is 1. The van der Waals surface area contributed by atoms with Crippen molar-refractivity contribution in [1.29, 1.82) is 0 Å². The Morgan fingerprint density at radius 1 is 1.15 bits per heavy atom. The number of likely N-dealkylation sites (tertiary alicyclic amines) is 1. The van der Waals surface area contributed by atoms with Crippen molar-refractivity contribution in [3.8, 4) is 0 Å². The van der Waals surface area contributed by atoms with E-state index in [0.717, 1.165) is 36.1 Å². The van der Waals surface area contributed by atoms with Gasteiger partial charge in [0.15, 0.2) is 0 Å². The van der Waals surface area contributed by atoms with E-state index in [0.29, 0.717) is 12.1 Å². The van der Waals surface area contributed by atoms with Crippen LogP contribution >= 0.6 is 0 Å². The van der Waals surface area contributed by atoms with Crippen LogP contribution in [0.3, 0.4) is 0 Å². The first-order chi connectivity index (χ1) is 12.5. The highest BCUT2D eigenvalue weighted by Gasteiger charge is 2.22. The van der Waals surface area contributed by atoms with Crippen LogP contribution in [0.5, 0.6) is 0 Å². The van der Waals surface area contributed by atoms with Crippen molar-refractivity contribution in [2.45, 2.75) is 46.1 Å². The van der Waals surface area contributed by atoms with Gasteiger partial charge in [0.2, 0.25) is 0 Å². The topological polar surface area (TPSA) is 54.3 Å². The summed E-state index contributed by atoms with van der Waals surface area (Å²) in [6, 6.07) is 6.27. The van der Waals surface area contributed by atoms with E-state index in [1.807, 2.05) is 31.3 Å². The second kappa shape index (κ2) is 8.04. The van der Waals surface area contributed by atoms with Crippen LogP contribution in [0.2, 0.25) is 0 Å². The molecule has 0 aliphatic carbocycles. The van der Waals surface area contributed by atoms with Crippen molar-refractivity contribution in [1.82, 2.24) is 14.8 Å². The summed E-state index contributed by atoms with van der Waals surface area (Å²) >= 11 is 0. The van der Waals surface area contributed by atoms with Crippen LogP contribution in [0.1, 0.15) is 55.1 Å². The van der Waals surface area contributed by atoms with E-state index in [1.165, 1.54) is 19.3 Å². The summed E-state index contributed by atoms with van der Waals surface area (Å²) < 4.78 is 2.06. The number of ketones is 1. The lowest BCUT2D eigenvalue weighted by Crippen LogP contribution is -2.39. The van der Waals surface area contributed by atoms with Gasteiger partial charge in [-0.3, -0.25) is 9.59 Å². The van der Waals surface area contributed by atoms with Gasteiger partial charge in [0.1, 0.15) is 0 Å². The van der Waals surface area contributed by atoms with E-state index in [2.05, 4.69) is 28.6 Å². The summed E-state index contributed by atoms with van der Waals surface area (Å²) in [6.45, 7) is 9.66. The number of amides is 1. The Morgan fingerprint density at radius 2 is 1.88 bits per heavy atom. The maximum Gasteiger partial charge on any atom is 0.292 e. The summed E-state index contributed by atoms with van der Waals surface area (Å²) in [6.07, 6.45) is 5.56. The lowest BCUT2D eigenvalue weighted by Gasteiger charge is -2.26. The number of fused-ring (bicyclic) bond motifs is 1. The number of hydrogen-bond donors (Lipinski definition) is 1. The van der Waals surface area contributed by atoms with Crippen LogP contribution in [0.25, 0.3) is 10.9 Å². The average molecular weight is 355 g/mol. The number of piperidine rings is 1. The first-order valence-corrected chi connectivity index (χ1v) is 9.63. The fraction of sp³-hybridized carbons (Fsp3) is 0.524. The number of rotatable bonds is 6. The molecule has 0 bridgehead atoms. The van der Waals surface area contributed by atoms with Crippen molar-refractivity contribution >= 4 is 22.6 Å². The molecule has 3 rings (SSSR count). The molecule has 0 atom stereocenters. The summed E-state index contributed by atoms with van der Waals surface area (Å²) in [7, 11) is 0. The van der Waals surface area contributed by atoms with Crippen LogP contribution in [0.4, 0.5) is 0 Å². The number of aromatic nitrogens is 1. The second-order valence-corrected chi connectivity index (χ2v) is 7.55. The third kappa shape index (κ3) is 3.98. The molecule has 1 N–H and O–H groups in total. The van der Waals surface area contributed by atoms with Gasteiger partial charge in [0, 0.05) is 36.2 Å². The largest absolute Gasteiger partial charge is 0.348 e.